The molecule has 24 heavy (non-hydrogen) atoms. The highest BCUT2D eigenvalue weighted by Crippen LogP contribution is 2.39. The predicted molar refractivity (Wildman–Crippen MR) is 87.2 cm³/mol. The highest BCUT2D eigenvalue weighted by Gasteiger charge is 2.33. The van der Waals surface area contributed by atoms with Gasteiger partial charge in [0.25, 0.3) is 0 Å². The van der Waals surface area contributed by atoms with Crippen LogP contribution in [0, 0.1) is 0 Å². The van der Waals surface area contributed by atoms with Gasteiger partial charge in [-0.1, -0.05) is 0 Å². The van der Waals surface area contributed by atoms with Crippen LogP contribution in [0.3, 0.4) is 0 Å². The summed E-state index contributed by atoms with van der Waals surface area (Å²) < 4.78 is 4.23. The first-order valence-corrected chi connectivity index (χ1v) is 8.62. The molecule has 0 radical (unpaired) electrons. The Balaban J connectivity index is 1.49. The number of carbonyl (C=O) groups is 1. The van der Waals surface area contributed by atoms with E-state index in [0.717, 1.165) is 37.6 Å². The van der Waals surface area contributed by atoms with Crippen molar-refractivity contribution in [1.82, 2.24) is 29.4 Å². The number of likely N-dealkylation sites (tertiary alicyclic amines) is 1. The fourth-order valence-corrected chi connectivity index (χ4v) is 3.56. The van der Waals surface area contributed by atoms with Crippen LogP contribution < -0.4 is 5.73 Å². The van der Waals surface area contributed by atoms with E-state index in [4.69, 9.17) is 5.73 Å². The Morgan fingerprint density at radius 3 is 2.62 bits per heavy atom. The zero-order valence-corrected chi connectivity index (χ0v) is 13.7. The summed E-state index contributed by atoms with van der Waals surface area (Å²) in [6, 6.07) is 2.47. The second-order valence-corrected chi connectivity index (χ2v) is 6.80. The van der Waals surface area contributed by atoms with Crippen molar-refractivity contribution in [3.63, 3.8) is 0 Å². The Morgan fingerprint density at radius 2 is 2.00 bits per heavy atom. The molecule has 1 aliphatic carbocycles. The molecule has 0 spiro atoms. The van der Waals surface area contributed by atoms with E-state index >= 15 is 0 Å². The highest BCUT2D eigenvalue weighted by atomic mass is 16.1. The van der Waals surface area contributed by atoms with E-state index < -0.39 is 0 Å². The molecule has 2 aliphatic rings. The van der Waals surface area contributed by atoms with Gasteiger partial charge in [-0.25, -0.2) is 0 Å². The van der Waals surface area contributed by atoms with Crippen LogP contribution in [0.5, 0.6) is 0 Å². The topological polar surface area (TPSA) is 94.9 Å². The van der Waals surface area contributed by atoms with Crippen LogP contribution in [0.2, 0.25) is 0 Å². The van der Waals surface area contributed by atoms with E-state index in [9.17, 15) is 4.79 Å². The smallest absolute Gasteiger partial charge is 0.231 e. The van der Waals surface area contributed by atoms with Gasteiger partial charge in [-0.15, -0.1) is 10.2 Å². The van der Waals surface area contributed by atoms with Crippen molar-refractivity contribution in [2.24, 2.45) is 5.73 Å². The van der Waals surface area contributed by atoms with Crippen LogP contribution in [0.1, 0.15) is 49.3 Å². The largest absolute Gasteiger partial charge is 0.369 e. The van der Waals surface area contributed by atoms with Gasteiger partial charge < -0.3 is 10.3 Å². The maximum atomic E-state index is 11.1. The summed E-state index contributed by atoms with van der Waals surface area (Å²) in [7, 11) is 0. The predicted octanol–water partition coefficient (Wildman–Crippen LogP) is 0.522. The normalized spacial score (nSPS) is 19.7. The summed E-state index contributed by atoms with van der Waals surface area (Å²) in [6.07, 6.45) is 8.15. The number of piperidine rings is 1. The minimum Gasteiger partial charge on any atom is -0.369 e. The third-order valence-corrected chi connectivity index (χ3v) is 4.90. The molecule has 2 N–H and O–H groups in total. The Labute approximate surface area is 140 Å². The summed E-state index contributed by atoms with van der Waals surface area (Å²) in [5.74, 6) is 2.26. The average Bonchev–Trinajstić information content (AvgIpc) is 3.11. The molecule has 8 nitrogen and oxygen atoms in total. The molecule has 2 fully saturated rings. The van der Waals surface area contributed by atoms with E-state index in [2.05, 4.69) is 24.8 Å². The first kappa shape index (κ1) is 15.3. The molecular formula is C16H23N7O. The lowest BCUT2D eigenvalue weighted by Crippen LogP contribution is -2.39. The van der Waals surface area contributed by atoms with Crippen LogP contribution in [0.25, 0.3) is 0 Å². The summed E-state index contributed by atoms with van der Waals surface area (Å²) in [6.45, 7) is 2.79. The summed E-state index contributed by atoms with van der Waals surface area (Å²) >= 11 is 0. The number of primary amides is 1. The molecule has 0 aromatic carbocycles. The molecule has 2 aromatic rings. The zero-order valence-electron chi connectivity index (χ0n) is 13.7. The monoisotopic (exact) mass is 329 g/mol. The van der Waals surface area contributed by atoms with Crippen molar-refractivity contribution >= 4 is 5.91 Å². The standard InChI is InChI=1S/C16H23N7O/c17-14(24)10-21-8-4-12(5-9-21)16-20-19-15(23(16)13-2-3-13)11-22-7-1-6-18-22/h1,6-7,12-13H,2-5,8-11H2,(H2,17,24). The van der Waals surface area contributed by atoms with E-state index in [0.29, 0.717) is 25.0 Å². The lowest BCUT2D eigenvalue weighted by atomic mass is 9.96. The van der Waals surface area contributed by atoms with E-state index in [-0.39, 0.29) is 5.91 Å². The first-order chi connectivity index (χ1) is 11.7. The summed E-state index contributed by atoms with van der Waals surface area (Å²) in [5, 5.41) is 13.3. The van der Waals surface area contributed by atoms with Gasteiger partial charge in [0.15, 0.2) is 5.82 Å². The number of carbonyl (C=O) groups excluding carboxylic acids is 1. The highest BCUT2D eigenvalue weighted by molar-refractivity contribution is 5.75. The number of aromatic nitrogens is 5. The van der Waals surface area contributed by atoms with Gasteiger partial charge in [0.2, 0.25) is 5.91 Å². The Bertz CT molecular complexity index is 696. The van der Waals surface area contributed by atoms with Crippen LogP contribution in [-0.2, 0) is 11.3 Å². The van der Waals surface area contributed by atoms with Crippen molar-refractivity contribution in [2.45, 2.75) is 44.2 Å². The van der Waals surface area contributed by atoms with Crippen LogP contribution in [0.15, 0.2) is 18.5 Å². The zero-order chi connectivity index (χ0) is 16.5. The van der Waals surface area contributed by atoms with Gasteiger partial charge in [0, 0.05) is 24.4 Å². The molecule has 2 aromatic heterocycles. The Morgan fingerprint density at radius 1 is 1.21 bits per heavy atom. The molecule has 0 bridgehead atoms. The van der Waals surface area contributed by atoms with Crippen molar-refractivity contribution < 1.29 is 4.79 Å². The fraction of sp³-hybridized carbons (Fsp3) is 0.625. The van der Waals surface area contributed by atoms with Crippen molar-refractivity contribution in [2.75, 3.05) is 19.6 Å². The van der Waals surface area contributed by atoms with Gasteiger partial charge in [-0.2, -0.15) is 5.10 Å². The van der Waals surface area contributed by atoms with Crippen molar-refractivity contribution in [1.29, 1.82) is 0 Å². The molecular weight excluding hydrogens is 306 g/mol. The van der Waals surface area contributed by atoms with Gasteiger partial charge in [-0.05, 0) is 44.8 Å². The van der Waals surface area contributed by atoms with Gasteiger partial charge in [-0.3, -0.25) is 14.4 Å². The quantitative estimate of drug-likeness (QED) is 0.834. The SMILES string of the molecule is NC(=O)CN1CCC(c2nnc(Cn3cccn3)n2C2CC2)CC1. The molecule has 1 aliphatic heterocycles. The number of nitrogens with zero attached hydrogens (tertiary/aromatic N) is 6. The molecule has 8 heteroatoms. The molecule has 1 saturated heterocycles. The van der Waals surface area contributed by atoms with Crippen molar-refractivity contribution in [3.8, 4) is 0 Å². The second kappa shape index (κ2) is 6.35. The lowest BCUT2D eigenvalue weighted by Gasteiger charge is -2.30. The van der Waals surface area contributed by atoms with Gasteiger partial charge in [0.1, 0.15) is 12.4 Å². The van der Waals surface area contributed by atoms with Crippen LogP contribution in [-0.4, -0.2) is 55.0 Å². The molecule has 1 amide bonds. The fourth-order valence-electron chi connectivity index (χ4n) is 3.56. The van der Waals surface area contributed by atoms with Crippen molar-refractivity contribution in [3.05, 3.63) is 30.1 Å². The number of rotatable bonds is 6. The minimum atomic E-state index is -0.254. The summed E-state index contributed by atoms with van der Waals surface area (Å²) in [5.41, 5.74) is 5.29. The molecule has 0 atom stereocenters. The average molecular weight is 329 g/mol. The minimum absolute atomic E-state index is 0.254. The first-order valence-electron chi connectivity index (χ1n) is 8.62. The molecule has 3 heterocycles. The maximum Gasteiger partial charge on any atom is 0.231 e. The Hall–Kier alpha value is -2.22. The van der Waals surface area contributed by atoms with Gasteiger partial charge in [0.05, 0.1) is 6.54 Å². The van der Waals surface area contributed by atoms with E-state index in [1.807, 2.05) is 16.9 Å². The Kier molecular flexibility index (Phi) is 4.05. The lowest BCUT2D eigenvalue weighted by molar-refractivity contribution is -0.119. The molecule has 1 saturated carbocycles. The second-order valence-electron chi connectivity index (χ2n) is 6.80. The third-order valence-electron chi connectivity index (χ3n) is 4.90. The number of amides is 1. The maximum absolute atomic E-state index is 11.1. The third kappa shape index (κ3) is 3.19. The molecule has 0 unspecified atom stereocenters. The number of hydrogen-bond donors (Lipinski definition) is 1. The molecule has 4 rings (SSSR count). The van der Waals surface area contributed by atoms with E-state index in [1.54, 1.807) is 6.20 Å². The number of hydrogen-bond acceptors (Lipinski definition) is 5. The summed E-state index contributed by atoms with van der Waals surface area (Å²) in [4.78, 5) is 13.2. The van der Waals surface area contributed by atoms with Crippen LogP contribution >= 0.6 is 0 Å². The van der Waals surface area contributed by atoms with Crippen LogP contribution in [0.4, 0.5) is 0 Å². The van der Waals surface area contributed by atoms with Gasteiger partial charge >= 0.3 is 0 Å². The van der Waals surface area contributed by atoms with E-state index in [1.165, 1.54) is 12.8 Å². The number of nitrogens with two attached hydrogens (primary N) is 1. The molecule has 128 valence electrons.